The fourth-order valence-electron chi connectivity index (χ4n) is 3.34. The van der Waals surface area contributed by atoms with Crippen LogP contribution in [0.25, 0.3) is 0 Å². The average molecular weight is 389 g/mol. The maximum Gasteiger partial charge on any atom is 0.274 e. The molecule has 3 aromatic rings. The van der Waals surface area contributed by atoms with Gasteiger partial charge in [-0.1, -0.05) is 24.3 Å². The second-order valence-corrected chi connectivity index (χ2v) is 6.92. The summed E-state index contributed by atoms with van der Waals surface area (Å²) in [7, 11) is 0. The Kier molecular flexibility index (Phi) is 5.90. The Morgan fingerprint density at radius 1 is 0.862 bits per heavy atom. The van der Waals surface area contributed by atoms with E-state index in [9.17, 15) is 4.79 Å². The number of carbonyl (C=O) groups excluding carboxylic acids is 1. The molecule has 6 heteroatoms. The third-order valence-corrected chi connectivity index (χ3v) is 4.94. The maximum absolute atomic E-state index is 12.5. The molecule has 0 saturated carbocycles. The van der Waals surface area contributed by atoms with Gasteiger partial charge in [0, 0.05) is 17.4 Å². The SMILES string of the molecule is O=C(COc1ccc(Nc2ccccc2)cc1)N1CCN(c2cccc[nH+]2)CC1. The van der Waals surface area contributed by atoms with Crippen LogP contribution in [0.3, 0.4) is 0 Å². The predicted molar refractivity (Wildman–Crippen MR) is 113 cm³/mol. The Labute approximate surface area is 170 Å². The second-order valence-electron chi connectivity index (χ2n) is 6.92. The quantitative estimate of drug-likeness (QED) is 0.704. The lowest BCUT2D eigenvalue weighted by molar-refractivity contribution is -0.364. The summed E-state index contributed by atoms with van der Waals surface area (Å²) in [5.41, 5.74) is 2.01. The molecule has 0 atom stereocenters. The van der Waals surface area contributed by atoms with E-state index in [0.717, 1.165) is 30.3 Å². The molecule has 0 spiro atoms. The van der Waals surface area contributed by atoms with E-state index in [4.69, 9.17) is 4.74 Å². The van der Waals surface area contributed by atoms with Gasteiger partial charge in [0.25, 0.3) is 11.7 Å². The normalized spacial score (nSPS) is 13.8. The van der Waals surface area contributed by atoms with Crippen LogP contribution in [0, 0.1) is 0 Å². The van der Waals surface area contributed by atoms with Crippen LogP contribution >= 0.6 is 0 Å². The van der Waals surface area contributed by atoms with Gasteiger partial charge in [-0.05, 0) is 42.5 Å². The first-order chi connectivity index (χ1) is 14.3. The van der Waals surface area contributed by atoms with Gasteiger partial charge in [-0.2, -0.15) is 0 Å². The summed E-state index contributed by atoms with van der Waals surface area (Å²) in [6.45, 7) is 3.08. The Balaban J connectivity index is 1.23. The number of nitrogens with one attached hydrogen (secondary N) is 2. The number of amides is 1. The van der Waals surface area contributed by atoms with Crippen molar-refractivity contribution in [3.8, 4) is 5.75 Å². The predicted octanol–water partition coefficient (Wildman–Crippen LogP) is 2.97. The molecule has 4 rings (SSSR count). The van der Waals surface area contributed by atoms with E-state index in [1.807, 2.05) is 77.8 Å². The van der Waals surface area contributed by atoms with Gasteiger partial charge in [0.15, 0.2) is 6.61 Å². The number of rotatable bonds is 6. The van der Waals surface area contributed by atoms with Gasteiger partial charge in [-0.3, -0.25) is 9.69 Å². The van der Waals surface area contributed by atoms with Gasteiger partial charge in [-0.15, -0.1) is 0 Å². The minimum absolute atomic E-state index is 0.0215. The number of aromatic amines is 1. The van der Waals surface area contributed by atoms with E-state index >= 15 is 0 Å². The molecule has 1 amide bonds. The molecule has 0 bridgehead atoms. The number of para-hydroxylation sites is 1. The summed E-state index contributed by atoms with van der Waals surface area (Å²) in [6.07, 6.45) is 1.92. The zero-order chi connectivity index (χ0) is 19.9. The lowest BCUT2D eigenvalue weighted by Crippen LogP contribution is -2.51. The number of piperazine rings is 1. The van der Waals surface area contributed by atoms with Crippen LogP contribution in [0.15, 0.2) is 79.0 Å². The summed E-state index contributed by atoms with van der Waals surface area (Å²) < 4.78 is 5.70. The van der Waals surface area contributed by atoms with Crippen LogP contribution in [0.5, 0.6) is 5.75 Å². The molecule has 29 heavy (non-hydrogen) atoms. The van der Waals surface area contributed by atoms with Gasteiger partial charge in [-0.25, -0.2) is 4.98 Å². The molecule has 148 valence electrons. The highest BCUT2D eigenvalue weighted by Gasteiger charge is 2.26. The topological polar surface area (TPSA) is 59.0 Å². The zero-order valence-electron chi connectivity index (χ0n) is 16.3. The smallest absolute Gasteiger partial charge is 0.274 e. The molecule has 1 aliphatic rings. The van der Waals surface area contributed by atoms with Crippen molar-refractivity contribution in [1.82, 2.24) is 4.90 Å². The van der Waals surface area contributed by atoms with Gasteiger partial charge >= 0.3 is 0 Å². The molecule has 0 aliphatic carbocycles. The number of nitrogens with zero attached hydrogens (tertiary/aromatic N) is 2. The third kappa shape index (κ3) is 5.04. The van der Waals surface area contributed by atoms with Crippen LogP contribution in [0.4, 0.5) is 17.2 Å². The Bertz CT molecular complexity index is 909. The standard InChI is InChI=1S/C23H24N4O2/c28-23(27-16-14-26(15-17-27)22-8-4-5-13-24-22)18-29-21-11-9-20(10-12-21)25-19-6-2-1-3-7-19/h1-13,25H,14-18H2/p+1. The molecule has 2 N–H and O–H groups in total. The number of ether oxygens (including phenoxy) is 1. The summed E-state index contributed by atoms with van der Waals surface area (Å²) in [5, 5.41) is 3.33. The molecular weight excluding hydrogens is 364 g/mol. The second kappa shape index (κ2) is 9.10. The Morgan fingerprint density at radius 2 is 1.55 bits per heavy atom. The van der Waals surface area contributed by atoms with Crippen LogP contribution in [0.2, 0.25) is 0 Å². The van der Waals surface area contributed by atoms with E-state index < -0.39 is 0 Å². The van der Waals surface area contributed by atoms with Crippen molar-refractivity contribution < 1.29 is 14.5 Å². The number of hydrogen-bond donors (Lipinski definition) is 1. The van der Waals surface area contributed by atoms with Crippen LogP contribution in [0.1, 0.15) is 0 Å². The average Bonchev–Trinajstić information content (AvgIpc) is 2.80. The number of benzene rings is 2. The van der Waals surface area contributed by atoms with Crippen molar-refractivity contribution in [2.45, 2.75) is 0 Å². The molecule has 1 saturated heterocycles. The van der Waals surface area contributed by atoms with Crippen molar-refractivity contribution in [2.24, 2.45) is 0 Å². The lowest BCUT2D eigenvalue weighted by Gasteiger charge is -2.30. The highest BCUT2D eigenvalue weighted by Crippen LogP contribution is 2.20. The van der Waals surface area contributed by atoms with E-state index in [0.29, 0.717) is 18.8 Å². The first-order valence-electron chi connectivity index (χ1n) is 9.82. The fourth-order valence-corrected chi connectivity index (χ4v) is 3.34. The molecule has 2 heterocycles. The summed E-state index contributed by atoms with van der Waals surface area (Å²) in [4.78, 5) is 19.8. The number of hydrogen-bond acceptors (Lipinski definition) is 4. The molecule has 2 aromatic carbocycles. The van der Waals surface area contributed by atoms with Gasteiger partial charge < -0.3 is 15.0 Å². The van der Waals surface area contributed by atoms with E-state index in [1.54, 1.807) is 0 Å². The molecule has 0 unspecified atom stereocenters. The molecule has 1 fully saturated rings. The number of pyridine rings is 1. The van der Waals surface area contributed by atoms with E-state index in [1.165, 1.54) is 0 Å². The molecule has 1 aliphatic heterocycles. The number of H-pyrrole nitrogens is 1. The van der Waals surface area contributed by atoms with Crippen molar-refractivity contribution in [2.75, 3.05) is 43.0 Å². The van der Waals surface area contributed by atoms with Crippen LogP contribution < -0.4 is 19.9 Å². The summed E-state index contributed by atoms with van der Waals surface area (Å²) in [6, 6.07) is 23.7. The molecule has 6 nitrogen and oxygen atoms in total. The van der Waals surface area contributed by atoms with Gasteiger partial charge in [0.2, 0.25) is 0 Å². The van der Waals surface area contributed by atoms with Gasteiger partial charge in [0.1, 0.15) is 18.8 Å². The van der Waals surface area contributed by atoms with E-state index in [-0.39, 0.29) is 12.5 Å². The lowest BCUT2D eigenvalue weighted by atomic mass is 10.2. The Hall–Kier alpha value is -3.54. The van der Waals surface area contributed by atoms with Crippen LogP contribution in [-0.2, 0) is 4.79 Å². The van der Waals surface area contributed by atoms with E-state index in [2.05, 4.69) is 21.3 Å². The fraction of sp³-hybridized carbons (Fsp3) is 0.217. The Morgan fingerprint density at radius 3 is 2.24 bits per heavy atom. The van der Waals surface area contributed by atoms with Crippen molar-refractivity contribution in [1.29, 1.82) is 0 Å². The number of anilines is 3. The largest absolute Gasteiger partial charge is 0.484 e. The van der Waals surface area contributed by atoms with Crippen molar-refractivity contribution in [3.63, 3.8) is 0 Å². The van der Waals surface area contributed by atoms with Gasteiger partial charge in [0.05, 0.1) is 19.3 Å². The van der Waals surface area contributed by atoms with Crippen molar-refractivity contribution in [3.05, 3.63) is 79.0 Å². The maximum atomic E-state index is 12.5. The summed E-state index contributed by atoms with van der Waals surface area (Å²) in [5.74, 6) is 1.79. The number of carbonyl (C=O) groups is 1. The molecule has 0 radical (unpaired) electrons. The highest BCUT2D eigenvalue weighted by molar-refractivity contribution is 5.78. The monoisotopic (exact) mass is 389 g/mol. The first-order valence-corrected chi connectivity index (χ1v) is 9.82. The molecule has 1 aromatic heterocycles. The zero-order valence-corrected chi connectivity index (χ0v) is 16.3. The first kappa shape index (κ1) is 18.8. The minimum Gasteiger partial charge on any atom is -0.484 e. The summed E-state index contributed by atoms with van der Waals surface area (Å²) >= 11 is 0. The van der Waals surface area contributed by atoms with Crippen molar-refractivity contribution >= 4 is 23.1 Å². The van der Waals surface area contributed by atoms with Crippen LogP contribution in [-0.4, -0.2) is 43.6 Å². The third-order valence-electron chi connectivity index (χ3n) is 4.94. The highest BCUT2D eigenvalue weighted by atomic mass is 16.5. The molecular formula is C23H25N4O2+. The minimum atomic E-state index is 0.0215. The number of aromatic nitrogens is 1.